The van der Waals surface area contributed by atoms with E-state index in [-0.39, 0.29) is 18.2 Å². The summed E-state index contributed by atoms with van der Waals surface area (Å²) in [5.74, 6) is 1.57. The van der Waals surface area contributed by atoms with Crippen molar-refractivity contribution in [3.8, 4) is 11.5 Å². The Balaban J connectivity index is 1.92. The van der Waals surface area contributed by atoms with E-state index in [0.29, 0.717) is 19.6 Å². The summed E-state index contributed by atoms with van der Waals surface area (Å²) in [5, 5.41) is 0. The van der Waals surface area contributed by atoms with Crippen molar-refractivity contribution >= 4 is 11.7 Å². The fraction of sp³-hybridized carbons (Fsp3) is 0.550. The Hall–Kier alpha value is -2.21. The first-order valence-electron chi connectivity index (χ1n) is 8.84. The third-order valence-electron chi connectivity index (χ3n) is 4.56. The van der Waals surface area contributed by atoms with Gasteiger partial charge in [-0.15, -0.1) is 0 Å². The highest BCUT2D eigenvalue weighted by Crippen LogP contribution is 2.38. The smallest absolute Gasteiger partial charge is 0.411 e. The maximum absolute atomic E-state index is 12.7. The van der Waals surface area contributed by atoms with E-state index < -0.39 is 5.60 Å². The molecule has 0 aromatic heterocycles. The molecule has 2 heterocycles. The van der Waals surface area contributed by atoms with E-state index in [9.17, 15) is 4.79 Å². The molecule has 2 bridgehead atoms. The number of hydrogen-bond donors (Lipinski definition) is 0. The monoisotopic (exact) mass is 361 g/mol. The number of morpholine rings is 1. The van der Waals surface area contributed by atoms with Crippen LogP contribution >= 0.6 is 0 Å². The van der Waals surface area contributed by atoms with E-state index in [2.05, 4.69) is 6.08 Å². The van der Waals surface area contributed by atoms with Gasteiger partial charge in [0.05, 0.1) is 39.5 Å². The minimum Gasteiger partial charge on any atom is -0.497 e. The maximum Gasteiger partial charge on any atom is 0.411 e. The van der Waals surface area contributed by atoms with Crippen molar-refractivity contribution in [1.29, 1.82) is 0 Å². The van der Waals surface area contributed by atoms with Crippen LogP contribution in [0.3, 0.4) is 0 Å². The van der Waals surface area contributed by atoms with Crippen molar-refractivity contribution in [2.24, 2.45) is 0 Å². The van der Waals surface area contributed by atoms with Gasteiger partial charge in [0.15, 0.2) is 0 Å². The van der Waals surface area contributed by atoms with Crippen LogP contribution in [0, 0.1) is 0 Å². The van der Waals surface area contributed by atoms with Crippen LogP contribution in [-0.2, 0) is 9.47 Å². The van der Waals surface area contributed by atoms with E-state index in [1.54, 1.807) is 14.2 Å². The molecule has 1 aromatic carbocycles. The van der Waals surface area contributed by atoms with Crippen LogP contribution < -0.4 is 9.47 Å². The molecule has 0 aliphatic carbocycles. The van der Waals surface area contributed by atoms with Gasteiger partial charge in [-0.05, 0) is 51.0 Å². The van der Waals surface area contributed by atoms with Gasteiger partial charge in [-0.2, -0.15) is 0 Å². The van der Waals surface area contributed by atoms with E-state index in [1.165, 1.54) is 0 Å². The van der Waals surface area contributed by atoms with Crippen LogP contribution in [0.1, 0.15) is 32.8 Å². The topological polar surface area (TPSA) is 57.2 Å². The average Bonchev–Trinajstić information content (AvgIpc) is 2.58. The van der Waals surface area contributed by atoms with Gasteiger partial charge in [0.1, 0.15) is 17.1 Å². The molecular weight excluding hydrogens is 334 g/mol. The second kappa shape index (κ2) is 7.19. The number of fused-ring (bicyclic) bond motifs is 2. The minimum atomic E-state index is -0.522. The quantitative estimate of drug-likeness (QED) is 0.825. The number of ether oxygens (including phenoxy) is 4. The highest BCUT2D eigenvalue weighted by Gasteiger charge is 2.40. The first-order valence-corrected chi connectivity index (χ1v) is 8.84. The number of carbonyl (C=O) groups excluding carboxylic acids is 1. The van der Waals surface area contributed by atoms with Crippen LogP contribution in [0.25, 0.3) is 5.57 Å². The summed E-state index contributed by atoms with van der Waals surface area (Å²) in [6, 6.07) is 5.55. The second-order valence-electron chi connectivity index (χ2n) is 7.61. The number of benzene rings is 1. The SMILES string of the molecule is COc1ccc(OC)c(C2=CC3COCC(C2)N3C(=O)OC(C)(C)C)c1. The first kappa shape index (κ1) is 18.6. The molecule has 1 fully saturated rings. The van der Waals surface area contributed by atoms with Crippen molar-refractivity contribution in [3.63, 3.8) is 0 Å². The standard InChI is InChI=1S/C20H27NO5/c1-20(2,3)26-19(22)21-14-8-13(9-15(21)12-25-11-14)17-10-16(23-4)6-7-18(17)24-5/h6-8,10,14-15H,9,11-12H2,1-5H3. The molecule has 26 heavy (non-hydrogen) atoms. The number of methoxy groups -OCH3 is 2. The van der Waals surface area contributed by atoms with Gasteiger partial charge in [0, 0.05) is 5.56 Å². The molecule has 0 N–H and O–H groups in total. The normalized spacial score (nSPS) is 22.5. The predicted octanol–water partition coefficient (Wildman–Crippen LogP) is 3.50. The molecule has 2 aliphatic heterocycles. The lowest BCUT2D eigenvalue weighted by Gasteiger charge is -2.44. The zero-order chi connectivity index (χ0) is 18.9. The number of rotatable bonds is 3. The van der Waals surface area contributed by atoms with Gasteiger partial charge in [0.2, 0.25) is 0 Å². The molecule has 0 saturated carbocycles. The number of amides is 1. The van der Waals surface area contributed by atoms with Gasteiger partial charge < -0.3 is 18.9 Å². The molecule has 1 amide bonds. The molecule has 0 radical (unpaired) electrons. The van der Waals surface area contributed by atoms with Crippen LogP contribution in [0.5, 0.6) is 11.5 Å². The third-order valence-corrected chi connectivity index (χ3v) is 4.56. The van der Waals surface area contributed by atoms with Gasteiger partial charge >= 0.3 is 6.09 Å². The number of hydrogen-bond acceptors (Lipinski definition) is 5. The number of nitrogens with zero attached hydrogens (tertiary/aromatic N) is 1. The Morgan fingerprint density at radius 3 is 2.58 bits per heavy atom. The molecule has 3 rings (SSSR count). The van der Waals surface area contributed by atoms with Crippen LogP contribution in [0.4, 0.5) is 4.79 Å². The molecule has 6 nitrogen and oxygen atoms in total. The van der Waals surface area contributed by atoms with Crippen molar-refractivity contribution in [2.75, 3.05) is 27.4 Å². The zero-order valence-corrected chi connectivity index (χ0v) is 16.1. The summed E-state index contributed by atoms with van der Waals surface area (Å²) >= 11 is 0. The largest absolute Gasteiger partial charge is 0.497 e. The molecule has 1 saturated heterocycles. The van der Waals surface area contributed by atoms with Crippen LogP contribution in [0.2, 0.25) is 0 Å². The molecule has 2 aliphatic rings. The lowest BCUT2D eigenvalue weighted by molar-refractivity contribution is -0.0510. The summed E-state index contributed by atoms with van der Waals surface area (Å²) in [4.78, 5) is 14.5. The molecule has 2 unspecified atom stereocenters. The van der Waals surface area contributed by atoms with E-state index >= 15 is 0 Å². The van der Waals surface area contributed by atoms with Crippen molar-refractivity contribution in [2.45, 2.75) is 44.9 Å². The zero-order valence-electron chi connectivity index (χ0n) is 16.1. The highest BCUT2D eigenvalue weighted by atomic mass is 16.6. The molecule has 1 aromatic rings. The number of carbonyl (C=O) groups is 1. The van der Waals surface area contributed by atoms with Crippen LogP contribution in [-0.4, -0.2) is 56.1 Å². The summed E-state index contributed by atoms with van der Waals surface area (Å²) in [6.07, 6.45) is 2.47. The Kier molecular flexibility index (Phi) is 5.14. The molecule has 0 spiro atoms. The first-order chi connectivity index (χ1) is 12.3. The van der Waals surface area contributed by atoms with Gasteiger partial charge in [-0.1, -0.05) is 6.08 Å². The molecule has 142 valence electrons. The fourth-order valence-electron chi connectivity index (χ4n) is 3.46. The third kappa shape index (κ3) is 3.80. The minimum absolute atomic E-state index is 0.0560. The lowest BCUT2D eigenvalue weighted by Crippen LogP contribution is -2.57. The summed E-state index contributed by atoms with van der Waals surface area (Å²) in [5.41, 5.74) is 1.61. The van der Waals surface area contributed by atoms with Crippen molar-refractivity contribution in [3.05, 3.63) is 29.8 Å². The van der Waals surface area contributed by atoms with Crippen molar-refractivity contribution < 1.29 is 23.7 Å². The summed E-state index contributed by atoms with van der Waals surface area (Å²) in [7, 11) is 3.30. The Morgan fingerprint density at radius 2 is 1.96 bits per heavy atom. The van der Waals surface area contributed by atoms with Gasteiger partial charge in [-0.25, -0.2) is 4.79 Å². The molecular formula is C20H27NO5. The molecule has 2 atom stereocenters. The fourth-order valence-corrected chi connectivity index (χ4v) is 3.46. The predicted molar refractivity (Wildman–Crippen MR) is 98.6 cm³/mol. The van der Waals surface area contributed by atoms with Crippen molar-refractivity contribution in [1.82, 2.24) is 4.90 Å². The van der Waals surface area contributed by atoms with Gasteiger partial charge in [0.25, 0.3) is 0 Å². The van der Waals surface area contributed by atoms with E-state index in [4.69, 9.17) is 18.9 Å². The second-order valence-corrected chi connectivity index (χ2v) is 7.61. The Bertz CT molecular complexity index is 707. The van der Waals surface area contributed by atoms with Crippen LogP contribution in [0.15, 0.2) is 24.3 Å². The van der Waals surface area contributed by atoms with E-state index in [0.717, 1.165) is 22.6 Å². The summed E-state index contributed by atoms with van der Waals surface area (Å²) < 4.78 is 22.2. The average molecular weight is 361 g/mol. The molecule has 6 heteroatoms. The Morgan fingerprint density at radius 1 is 1.19 bits per heavy atom. The van der Waals surface area contributed by atoms with E-state index in [1.807, 2.05) is 43.9 Å². The Labute approximate surface area is 154 Å². The maximum atomic E-state index is 12.7. The van der Waals surface area contributed by atoms with Gasteiger partial charge in [-0.3, -0.25) is 4.90 Å². The lowest BCUT2D eigenvalue weighted by atomic mass is 9.89. The summed E-state index contributed by atoms with van der Waals surface area (Å²) in [6.45, 7) is 6.60. The highest BCUT2D eigenvalue weighted by molar-refractivity contribution is 5.77.